The van der Waals surface area contributed by atoms with Gasteiger partial charge in [-0.15, -0.1) is 0 Å². The summed E-state index contributed by atoms with van der Waals surface area (Å²) in [7, 11) is 0. The Morgan fingerprint density at radius 3 is 2.40 bits per heavy atom. The van der Waals surface area contributed by atoms with Gasteiger partial charge in [0.25, 0.3) is 11.2 Å². The van der Waals surface area contributed by atoms with E-state index in [9.17, 15) is 14.9 Å². The van der Waals surface area contributed by atoms with E-state index in [1.807, 2.05) is 6.08 Å². The predicted molar refractivity (Wildman–Crippen MR) is 166 cm³/mol. The van der Waals surface area contributed by atoms with Crippen LogP contribution in [0.1, 0.15) is 106 Å². The normalized spacial score (nSPS) is 12.4. The molecule has 0 radical (unpaired) electrons. The Kier molecular flexibility index (Phi) is 14.5. The molecule has 1 aromatic heterocycles. The van der Waals surface area contributed by atoms with E-state index in [-0.39, 0.29) is 29.5 Å². The molecule has 0 spiro atoms. The lowest BCUT2D eigenvalue weighted by Gasteiger charge is -2.20. The number of nitro groups is 1. The Labute approximate surface area is 240 Å². The van der Waals surface area contributed by atoms with Crippen LogP contribution in [-0.4, -0.2) is 22.7 Å². The minimum absolute atomic E-state index is 0.0465. The van der Waals surface area contributed by atoms with Crippen molar-refractivity contribution in [2.45, 2.75) is 112 Å². The molecule has 0 fully saturated rings. The lowest BCUT2D eigenvalue weighted by molar-refractivity contribution is -0.384. The highest BCUT2D eigenvalue weighted by Crippen LogP contribution is 2.35. The van der Waals surface area contributed by atoms with E-state index in [1.54, 1.807) is 10.6 Å². The van der Waals surface area contributed by atoms with Crippen molar-refractivity contribution in [2.24, 2.45) is 5.92 Å². The largest absolute Gasteiger partial charge is 0.485 e. The van der Waals surface area contributed by atoms with Gasteiger partial charge in [0, 0.05) is 24.1 Å². The second-order valence-electron chi connectivity index (χ2n) is 11.2. The van der Waals surface area contributed by atoms with Crippen LogP contribution in [0, 0.1) is 16.0 Å². The lowest BCUT2D eigenvalue weighted by atomic mass is 10.1. The van der Waals surface area contributed by atoms with Gasteiger partial charge in [0.2, 0.25) is 5.75 Å². The van der Waals surface area contributed by atoms with Gasteiger partial charge < -0.3 is 14.0 Å². The first-order valence-corrected chi connectivity index (χ1v) is 15.1. The monoisotopic (exact) mass is 554 g/mol. The summed E-state index contributed by atoms with van der Waals surface area (Å²) in [6.45, 7) is 13.9. The van der Waals surface area contributed by atoms with Crippen LogP contribution in [0.3, 0.4) is 0 Å². The van der Waals surface area contributed by atoms with Crippen molar-refractivity contribution < 1.29 is 14.4 Å². The van der Waals surface area contributed by atoms with Crippen molar-refractivity contribution in [1.82, 2.24) is 4.57 Å². The van der Waals surface area contributed by atoms with Gasteiger partial charge in [-0.1, -0.05) is 76.5 Å². The van der Waals surface area contributed by atoms with E-state index in [1.165, 1.54) is 42.5 Å². The molecule has 1 unspecified atom stereocenters. The zero-order chi connectivity index (χ0) is 29.5. The fourth-order valence-electron chi connectivity index (χ4n) is 4.80. The molecular formula is C33H50N2O5. The molecule has 7 nitrogen and oxygen atoms in total. The van der Waals surface area contributed by atoms with Crippen LogP contribution >= 0.6 is 0 Å². The number of hydrogen-bond donors (Lipinski definition) is 0. The Hall–Kier alpha value is -3.09. The van der Waals surface area contributed by atoms with E-state index in [2.05, 4.69) is 47.6 Å². The molecule has 0 amide bonds. The van der Waals surface area contributed by atoms with Crippen LogP contribution in [0.25, 0.3) is 10.9 Å². The number of rotatable bonds is 19. The van der Waals surface area contributed by atoms with Gasteiger partial charge in [0.15, 0.2) is 5.75 Å². The average molecular weight is 555 g/mol. The van der Waals surface area contributed by atoms with Gasteiger partial charge in [-0.25, -0.2) is 0 Å². The number of fused-ring (bicyclic) bond motifs is 1. The second-order valence-corrected chi connectivity index (χ2v) is 11.2. The van der Waals surface area contributed by atoms with Gasteiger partial charge in [0.05, 0.1) is 17.0 Å². The zero-order valence-corrected chi connectivity index (χ0v) is 25.6. The fourth-order valence-corrected chi connectivity index (χ4v) is 4.80. The summed E-state index contributed by atoms with van der Waals surface area (Å²) in [5.74, 6) is 0.853. The highest BCUT2D eigenvalue weighted by atomic mass is 16.6. The number of benzene rings is 1. The minimum atomic E-state index is -0.422. The van der Waals surface area contributed by atoms with Gasteiger partial charge in [-0.3, -0.25) is 14.9 Å². The molecule has 1 heterocycles. The number of aromatic nitrogens is 1. The molecule has 7 heteroatoms. The quantitative estimate of drug-likeness (QED) is 0.0748. The number of allylic oxidation sites excluding steroid dienone is 3. The summed E-state index contributed by atoms with van der Waals surface area (Å²) in [6.07, 6.45) is 14.7. The molecule has 0 aliphatic rings. The van der Waals surface area contributed by atoms with E-state index in [0.717, 1.165) is 44.9 Å². The number of nitrogens with zero attached hydrogens (tertiary/aromatic N) is 2. The Morgan fingerprint density at radius 1 is 1.00 bits per heavy atom. The molecule has 0 aliphatic carbocycles. The molecule has 2 rings (SSSR count). The molecule has 0 saturated heterocycles. The summed E-state index contributed by atoms with van der Waals surface area (Å²) in [4.78, 5) is 25.1. The third-order valence-corrected chi connectivity index (χ3v) is 7.15. The predicted octanol–water partition coefficient (Wildman–Crippen LogP) is 9.16. The third kappa shape index (κ3) is 10.5. The average Bonchev–Trinajstić information content (AvgIpc) is 2.91. The van der Waals surface area contributed by atoms with Crippen molar-refractivity contribution in [3.05, 3.63) is 62.0 Å². The molecule has 222 valence electrons. The van der Waals surface area contributed by atoms with E-state index in [0.29, 0.717) is 29.8 Å². The van der Waals surface area contributed by atoms with E-state index < -0.39 is 4.92 Å². The molecule has 0 N–H and O–H groups in total. The van der Waals surface area contributed by atoms with Crippen molar-refractivity contribution in [2.75, 3.05) is 13.2 Å². The standard InChI is InChI=1S/C33H50N2O5/c1-7-9-10-11-12-13-21-34-30-23-28(35(37)38)18-19-29(30)31(32(33(34)36)40-24-27(6)15-8-2)39-22-20-26(5)17-14-16-25(3)4/h16,18-20,23,27H,7-15,17,21-22,24H2,1-6H3. The van der Waals surface area contributed by atoms with Crippen molar-refractivity contribution in [3.63, 3.8) is 0 Å². The van der Waals surface area contributed by atoms with Crippen molar-refractivity contribution >= 4 is 16.6 Å². The lowest BCUT2D eigenvalue weighted by Crippen LogP contribution is -2.25. The molecular weight excluding hydrogens is 504 g/mol. The van der Waals surface area contributed by atoms with Crippen LogP contribution in [0.5, 0.6) is 11.5 Å². The van der Waals surface area contributed by atoms with Gasteiger partial charge in [0.1, 0.15) is 6.61 Å². The summed E-state index contributed by atoms with van der Waals surface area (Å²) in [5, 5.41) is 12.3. The third-order valence-electron chi connectivity index (χ3n) is 7.15. The smallest absolute Gasteiger partial charge is 0.297 e. The first kappa shape index (κ1) is 33.1. The number of aryl methyl sites for hydroxylation is 1. The first-order valence-electron chi connectivity index (χ1n) is 15.1. The Bertz CT molecular complexity index is 1210. The maximum atomic E-state index is 13.9. The van der Waals surface area contributed by atoms with Crippen LogP contribution in [0.4, 0.5) is 5.69 Å². The summed E-state index contributed by atoms with van der Waals surface area (Å²) in [5.41, 5.74) is 2.68. The Morgan fingerprint density at radius 2 is 1.73 bits per heavy atom. The SMILES string of the molecule is CCCCCCCCn1c(=O)c(OCC(C)CCC)c(OCC=C(C)CCC=C(C)C)c2ccc([N+](=O)[O-])cc21. The number of non-ortho nitro benzene ring substituents is 1. The fraction of sp³-hybridized carbons (Fsp3) is 0.606. The zero-order valence-electron chi connectivity index (χ0n) is 25.6. The highest BCUT2D eigenvalue weighted by molar-refractivity contribution is 5.89. The van der Waals surface area contributed by atoms with Gasteiger partial charge in [-0.2, -0.15) is 0 Å². The number of hydrogen-bond acceptors (Lipinski definition) is 5. The van der Waals surface area contributed by atoms with E-state index in [4.69, 9.17) is 9.47 Å². The number of pyridine rings is 1. The topological polar surface area (TPSA) is 83.6 Å². The molecule has 0 bridgehead atoms. The summed E-state index contributed by atoms with van der Waals surface area (Å²) < 4.78 is 14.1. The molecule has 2 aromatic rings. The number of unbranched alkanes of at least 4 members (excludes halogenated alkanes) is 5. The Balaban J connectivity index is 2.49. The van der Waals surface area contributed by atoms with Crippen molar-refractivity contribution in [1.29, 1.82) is 0 Å². The van der Waals surface area contributed by atoms with Crippen LogP contribution < -0.4 is 15.0 Å². The number of ether oxygens (including phenoxy) is 2. The summed E-state index contributed by atoms with van der Waals surface area (Å²) in [6, 6.07) is 4.65. The number of nitro benzene ring substituents is 1. The van der Waals surface area contributed by atoms with Crippen LogP contribution in [-0.2, 0) is 6.54 Å². The molecule has 40 heavy (non-hydrogen) atoms. The minimum Gasteiger partial charge on any atom is -0.485 e. The second kappa shape index (κ2) is 17.6. The van der Waals surface area contributed by atoms with Gasteiger partial charge >= 0.3 is 0 Å². The maximum Gasteiger partial charge on any atom is 0.297 e. The van der Waals surface area contributed by atoms with Crippen molar-refractivity contribution in [3.8, 4) is 11.5 Å². The molecule has 1 aromatic carbocycles. The maximum absolute atomic E-state index is 13.9. The highest BCUT2D eigenvalue weighted by Gasteiger charge is 2.22. The molecule has 1 atom stereocenters. The molecule has 0 aliphatic heterocycles. The van der Waals surface area contributed by atoms with Crippen LogP contribution in [0.15, 0.2) is 46.3 Å². The van der Waals surface area contributed by atoms with Crippen LogP contribution in [0.2, 0.25) is 0 Å². The summed E-state index contributed by atoms with van der Waals surface area (Å²) >= 11 is 0. The first-order chi connectivity index (χ1) is 19.2. The van der Waals surface area contributed by atoms with E-state index >= 15 is 0 Å². The van der Waals surface area contributed by atoms with Gasteiger partial charge in [-0.05, 0) is 64.5 Å². The molecule has 0 saturated carbocycles.